The van der Waals surface area contributed by atoms with Gasteiger partial charge in [0.2, 0.25) is 0 Å². The molecule has 0 fully saturated rings. The second-order valence-electron chi connectivity index (χ2n) is 0. The predicted molar refractivity (Wildman–Crippen MR) is 26.3 cm³/mol. The van der Waals surface area contributed by atoms with Gasteiger partial charge in [-0.3, -0.25) is 0 Å². The zero-order valence-corrected chi connectivity index (χ0v) is 13.2. The molecule has 0 aliphatic rings. The molecule has 4 heteroatoms. The van der Waals surface area contributed by atoms with Crippen LogP contribution in [0.5, 0.6) is 0 Å². The molecule has 0 heterocycles. The van der Waals surface area contributed by atoms with Gasteiger partial charge >= 0.3 is 68.2 Å². The standard InChI is InChI=1S/BrH.ClH.2Tl/h2*1H;;/q;;2*+1/p-2. The van der Waals surface area contributed by atoms with Crippen LogP contribution in [0.25, 0.3) is 0 Å². The van der Waals surface area contributed by atoms with Gasteiger partial charge in [-0.1, -0.05) is 0 Å². The van der Waals surface area contributed by atoms with E-state index >= 15 is 0 Å². The fraction of sp³-hybridized carbons (Fsp3) is 0. The summed E-state index contributed by atoms with van der Waals surface area (Å²) in [4.78, 5) is 0. The summed E-state index contributed by atoms with van der Waals surface area (Å²) < 4.78 is 0. The Bertz CT molecular complexity index is 6.00. The Morgan fingerprint density at radius 2 is 1.25 bits per heavy atom. The molecule has 0 aromatic rings. The molecule has 0 bridgehead atoms. The van der Waals surface area contributed by atoms with Crippen molar-refractivity contribution < 1.29 is 0 Å². The molecule has 4 heavy (non-hydrogen) atoms. The van der Waals surface area contributed by atoms with E-state index in [4.69, 9.17) is 8.32 Å². The zero-order valence-electron chi connectivity index (χ0n) is 1.91. The van der Waals surface area contributed by atoms with E-state index < -0.39 is 0 Å². The van der Waals surface area contributed by atoms with Crippen molar-refractivity contribution in [3.8, 4) is 0 Å². The van der Waals surface area contributed by atoms with Gasteiger partial charge in [-0.15, -0.1) is 0 Å². The monoisotopic (exact) mass is 524 g/mol. The molecule has 0 nitrogen and oxygen atoms in total. The van der Waals surface area contributed by atoms with Gasteiger partial charge in [0.1, 0.15) is 0 Å². The summed E-state index contributed by atoms with van der Waals surface area (Å²) in [5.74, 6) is 0. The summed E-state index contributed by atoms with van der Waals surface area (Å²) in [5, 5.41) is 0. The van der Waals surface area contributed by atoms with Crippen LogP contribution in [-0.2, 0) is 0 Å². The van der Waals surface area contributed by atoms with Gasteiger partial charge in [0.05, 0.1) is 0 Å². The SMILES string of the molecule is [Br][Tl].[Cl][Tl]. The minimum absolute atomic E-state index is 0.639. The second-order valence-corrected chi connectivity index (χ2v) is 0. The Morgan fingerprint density at radius 1 is 1.25 bits per heavy atom. The molecule has 0 spiro atoms. The first-order valence-electron chi connectivity index (χ1n) is 0.436. The van der Waals surface area contributed by atoms with Crippen LogP contribution in [0, 0.1) is 0 Å². The third kappa shape index (κ3) is 8.82. The van der Waals surface area contributed by atoms with Gasteiger partial charge in [0, 0.05) is 0 Å². The number of halogens is 2. The molecule has 0 rings (SSSR count). The van der Waals surface area contributed by atoms with Crippen LogP contribution in [-0.4, -0.2) is 47.9 Å². The molecular weight excluding hydrogens is 524 g/mol. The van der Waals surface area contributed by atoms with Crippen molar-refractivity contribution >= 4 is 68.2 Å². The third-order valence-corrected chi connectivity index (χ3v) is 0. The Labute approximate surface area is 66.8 Å². The van der Waals surface area contributed by atoms with Crippen molar-refractivity contribution in [2.24, 2.45) is 0 Å². The van der Waals surface area contributed by atoms with Crippen molar-refractivity contribution in [3.05, 3.63) is 0 Å². The van der Waals surface area contributed by atoms with Gasteiger partial charge in [0.25, 0.3) is 0 Å². The number of hydrogen-bond donors (Lipinski definition) is 0. The van der Waals surface area contributed by atoms with E-state index in [1.165, 1.54) is 0 Å². The molecule has 0 saturated carbocycles. The molecule has 0 radical (unpaired) electrons. The molecule has 0 aliphatic heterocycles. The molecule has 0 aromatic carbocycles. The average Bonchev–Trinajstić information content (AvgIpc) is 1.50. The van der Waals surface area contributed by atoms with Crippen molar-refractivity contribution in [1.82, 2.24) is 0 Å². The molecule has 0 amide bonds. The summed E-state index contributed by atoms with van der Waals surface area (Å²) in [6.45, 7) is 0. The first-order valence-corrected chi connectivity index (χ1v) is 15.7. The van der Waals surface area contributed by atoms with Crippen molar-refractivity contribution in [2.45, 2.75) is 0 Å². The summed E-state index contributed by atoms with van der Waals surface area (Å²) in [6.07, 6.45) is 0. The summed E-state index contributed by atoms with van der Waals surface area (Å²) in [7, 11) is 4.81. The van der Waals surface area contributed by atoms with Gasteiger partial charge in [-0.2, -0.15) is 0 Å². The van der Waals surface area contributed by atoms with E-state index in [9.17, 15) is 0 Å². The maximum absolute atomic E-state index is 4.81. The predicted octanol–water partition coefficient (Wildman–Crippen LogP) is 0.774. The fourth-order valence-corrected chi connectivity index (χ4v) is 0. The maximum atomic E-state index is 4.81. The van der Waals surface area contributed by atoms with Crippen LogP contribution < -0.4 is 0 Å². The quantitative estimate of drug-likeness (QED) is 0.412. The van der Waals surface area contributed by atoms with Crippen LogP contribution in [0.3, 0.4) is 0 Å². The van der Waals surface area contributed by atoms with Gasteiger partial charge < -0.3 is 0 Å². The third-order valence-electron chi connectivity index (χ3n) is 0. The Balaban J connectivity index is 0. The van der Waals surface area contributed by atoms with Crippen LogP contribution in [0.4, 0.5) is 0 Å². The van der Waals surface area contributed by atoms with E-state index in [0.29, 0.717) is 24.5 Å². The number of rotatable bonds is 0. The van der Waals surface area contributed by atoms with E-state index in [-0.39, 0.29) is 0 Å². The van der Waals surface area contributed by atoms with E-state index in [0.717, 1.165) is 23.4 Å². The van der Waals surface area contributed by atoms with E-state index in [1.54, 1.807) is 0 Å². The first kappa shape index (κ1) is 9.79. The molecule has 0 aliphatic carbocycles. The summed E-state index contributed by atoms with van der Waals surface area (Å²) in [6, 6.07) is 0. The molecule has 0 N–H and O–H groups in total. The summed E-state index contributed by atoms with van der Waals surface area (Å²) in [5.41, 5.74) is 0. The molecule has 0 unspecified atom stereocenters. The molecule has 0 atom stereocenters. The zero-order chi connectivity index (χ0) is 4.00. The van der Waals surface area contributed by atoms with Gasteiger partial charge in [-0.05, 0) is 0 Å². The van der Waals surface area contributed by atoms with Crippen LogP contribution in [0.2, 0.25) is 0 Å². The molecule has 0 saturated heterocycles. The summed E-state index contributed by atoms with van der Waals surface area (Å²) >= 11 is 4.72. The van der Waals surface area contributed by atoms with Crippen molar-refractivity contribution in [3.63, 3.8) is 0 Å². The number of hydrogen-bond acceptors (Lipinski definition) is 0. The topological polar surface area (TPSA) is 0 Å². The van der Waals surface area contributed by atoms with Crippen molar-refractivity contribution in [2.75, 3.05) is 0 Å². The van der Waals surface area contributed by atoms with Crippen LogP contribution in [0.15, 0.2) is 0 Å². The Morgan fingerprint density at radius 3 is 1.25 bits per heavy atom. The van der Waals surface area contributed by atoms with E-state index in [2.05, 4.69) is 12.0 Å². The van der Waals surface area contributed by atoms with E-state index in [1.807, 2.05) is 0 Å². The average molecular weight is 524 g/mol. The van der Waals surface area contributed by atoms with Crippen LogP contribution in [0.1, 0.15) is 0 Å². The van der Waals surface area contributed by atoms with Crippen molar-refractivity contribution in [1.29, 1.82) is 0 Å². The molecule has 0 aromatic heterocycles. The fourth-order valence-electron chi connectivity index (χ4n) is 0. The second kappa shape index (κ2) is 17.5. The minimum atomic E-state index is 0.639. The van der Waals surface area contributed by atoms with Gasteiger partial charge in [0.15, 0.2) is 0 Å². The Kier molecular flexibility index (Phi) is 42.8. The molecule has 20 valence electrons. The Hall–Kier alpha value is 2.61. The first-order chi connectivity index (χ1) is 2.00. The van der Waals surface area contributed by atoms with Crippen LogP contribution >= 0.6 is 20.3 Å². The molecular formula is BrClTl2. The van der Waals surface area contributed by atoms with Gasteiger partial charge in [-0.25, -0.2) is 0 Å². The normalized spacial score (nSPS) is 2.00.